The normalized spacial score (nSPS) is 26.8. The fourth-order valence-corrected chi connectivity index (χ4v) is 6.00. The molecule has 2 heterocycles. The summed E-state index contributed by atoms with van der Waals surface area (Å²) >= 11 is 0. The van der Waals surface area contributed by atoms with E-state index in [1.807, 2.05) is 0 Å². The standard InChI is InChI=1S/C30H42O2/c1-19-14-15-21-23(18-19)30(10,32-25(21)27(3,4)5)17-16-28(6,7)26-22-13-11-12-20(2)24(22)29(8,9)31-26/h11-15,18,25-26H,16-17H2,1-10H3. The van der Waals surface area contributed by atoms with E-state index >= 15 is 0 Å². The van der Waals surface area contributed by atoms with Crippen molar-refractivity contribution in [2.24, 2.45) is 10.8 Å². The van der Waals surface area contributed by atoms with Crippen LogP contribution in [0.15, 0.2) is 36.4 Å². The lowest BCUT2D eigenvalue weighted by molar-refractivity contribution is -0.130. The Morgan fingerprint density at radius 3 is 2.19 bits per heavy atom. The number of hydrogen-bond donors (Lipinski definition) is 0. The Labute approximate surface area is 195 Å². The van der Waals surface area contributed by atoms with E-state index in [-0.39, 0.29) is 34.2 Å². The lowest BCUT2D eigenvalue weighted by Crippen LogP contribution is -2.30. The van der Waals surface area contributed by atoms with Crippen molar-refractivity contribution >= 4 is 0 Å². The van der Waals surface area contributed by atoms with Crippen molar-refractivity contribution in [2.75, 3.05) is 0 Å². The second-order valence-corrected chi connectivity index (χ2v) is 12.7. The molecule has 0 saturated heterocycles. The van der Waals surface area contributed by atoms with Gasteiger partial charge in [-0.25, -0.2) is 0 Å². The average Bonchev–Trinajstić information content (AvgIpc) is 3.13. The van der Waals surface area contributed by atoms with Gasteiger partial charge in [-0.1, -0.05) is 76.6 Å². The van der Waals surface area contributed by atoms with Gasteiger partial charge in [0.15, 0.2) is 0 Å². The second kappa shape index (κ2) is 7.43. The summed E-state index contributed by atoms with van der Waals surface area (Å²) in [6, 6.07) is 13.5. The molecular formula is C30H42O2. The first-order valence-corrected chi connectivity index (χ1v) is 12.2. The van der Waals surface area contributed by atoms with Gasteiger partial charge in [0.2, 0.25) is 0 Å². The van der Waals surface area contributed by atoms with E-state index in [9.17, 15) is 0 Å². The average molecular weight is 435 g/mol. The smallest absolute Gasteiger partial charge is 0.0915 e. The second-order valence-electron chi connectivity index (χ2n) is 12.7. The molecule has 2 aromatic rings. The van der Waals surface area contributed by atoms with E-state index in [2.05, 4.69) is 106 Å². The number of hydrogen-bond acceptors (Lipinski definition) is 2. The van der Waals surface area contributed by atoms with Gasteiger partial charge in [-0.15, -0.1) is 0 Å². The highest BCUT2D eigenvalue weighted by atomic mass is 16.5. The van der Waals surface area contributed by atoms with E-state index in [0.29, 0.717) is 0 Å². The molecule has 0 bridgehead atoms. The highest BCUT2D eigenvalue weighted by Crippen LogP contribution is 2.57. The van der Waals surface area contributed by atoms with Crippen LogP contribution >= 0.6 is 0 Å². The predicted molar refractivity (Wildman–Crippen MR) is 133 cm³/mol. The fraction of sp³-hybridized carbons (Fsp3) is 0.600. The van der Waals surface area contributed by atoms with Crippen molar-refractivity contribution in [3.63, 3.8) is 0 Å². The summed E-state index contributed by atoms with van der Waals surface area (Å²) in [6.07, 6.45) is 2.22. The third-order valence-electron chi connectivity index (χ3n) is 7.78. The molecule has 3 unspecified atom stereocenters. The lowest BCUT2D eigenvalue weighted by atomic mass is 9.74. The monoisotopic (exact) mass is 434 g/mol. The third-order valence-corrected chi connectivity index (χ3v) is 7.78. The van der Waals surface area contributed by atoms with Crippen LogP contribution in [-0.4, -0.2) is 0 Å². The zero-order chi connectivity index (χ0) is 23.7. The Morgan fingerprint density at radius 1 is 0.844 bits per heavy atom. The lowest BCUT2D eigenvalue weighted by Gasteiger charge is -2.37. The minimum atomic E-state index is -0.278. The number of benzene rings is 2. The van der Waals surface area contributed by atoms with Crippen molar-refractivity contribution in [3.8, 4) is 0 Å². The minimum absolute atomic E-state index is 0.00745. The van der Waals surface area contributed by atoms with Crippen LogP contribution < -0.4 is 0 Å². The molecule has 0 saturated carbocycles. The van der Waals surface area contributed by atoms with Crippen LogP contribution in [0.1, 0.15) is 114 Å². The largest absolute Gasteiger partial charge is 0.362 e. The summed E-state index contributed by atoms with van der Waals surface area (Å²) < 4.78 is 13.6. The maximum atomic E-state index is 6.89. The van der Waals surface area contributed by atoms with Crippen molar-refractivity contribution in [1.82, 2.24) is 0 Å². The summed E-state index contributed by atoms with van der Waals surface area (Å²) in [5.74, 6) is 0. The zero-order valence-electron chi connectivity index (χ0n) is 21.8. The highest BCUT2D eigenvalue weighted by Gasteiger charge is 2.49. The molecule has 2 heteroatoms. The molecule has 3 atom stereocenters. The zero-order valence-corrected chi connectivity index (χ0v) is 21.8. The molecule has 0 spiro atoms. The Bertz CT molecular complexity index is 1020. The molecule has 174 valence electrons. The molecule has 0 aromatic heterocycles. The minimum Gasteiger partial charge on any atom is -0.362 e. The molecule has 0 radical (unpaired) electrons. The van der Waals surface area contributed by atoms with Gasteiger partial charge in [-0.05, 0) is 86.1 Å². The summed E-state index contributed by atoms with van der Waals surface area (Å²) in [4.78, 5) is 0. The predicted octanol–water partition coefficient (Wildman–Crippen LogP) is 8.45. The molecule has 2 aromatic carbocycles. The first-order chi connectivity index (χ1) is 14.7. The SMILES string of the molecule is Cc1ccc2c(c1)C(C)(CCC(C)(C)C1OC(C)(C)c3c(C)cccc31)OC2C(C)(C)C. The fourth-order valence-electron chi connectivity index (χ4n) is 6.00. The number of fused-ring (bicyclic) bond motifs is 2. The van der Waals surface area contributed by atoms with Crippen molar-refractivity contribution in [3.05, 3.63) is 69.8 Å². The Morgan fingerprint density at radius 2 is 1.53 bits per heavy atom. The van der Waals surface area contributed by atoms with E-state index in [0.717, 1.165) is 12.8 Å². The Hall–Kier alpha value is -1.64. The van der Waals surface area contributed by atoms with E-state index < -0.39 is 0 Å². The van der Waals surface area contributed by atoms with Crippen LogP contribution in [0.25, 0.3) is 0 Å². The topological polar surface area (TPSA) is 18.5 Å². The molecule has 2 nitrogen and oxygen atoms in total. The van der Waals surface area contributed by atoms with Gasteiger partial charge in [0, 0.05) is 0 Å². The maximum absolute atomic E-state index is 6.89. The van der Waals surface area contributed by atoms with Gasteiger partial charge >= 0.3 is 0 Å². The first-order valence-electron chi connectivity index (χ1n) is 12.2. The number of ether oxygens (including phenoxy) is 2. The van der Waals surface area contributed by atoms with Crippen LogP contribution in [0.3, 0.4) is 0 Å². The van der Waals surface area contributed by atoms with E-state index in [4.69, 9.17) is 9.47 Å². The number of rotatable bonds is 4. The Kier molecular flexibility index (Phi) is 5.46. The molecule has 0 N–H and O–H groups in total. The van der Waals surface area contributed by atoms with Crippen molar-refractivity contribution < 1.29 is 9.47 Å². The summed E-state index contributed by atoms with van der Waals surface area (Å²) in [5, 5.41) is 0. The van der Waals surface area contributed by atoms with Crippen molar-refractivity contribution in [2.45, 2.75) is 105 Å². The van der Waals surface area contributed by atoms with Crippen LogP contribution in [0, 0.1) is 24.7 Å². The van der Waals surface area contributed by atoms with Gasteiger partial charge in [-0.2, -0.15) is 0 Å². The van der Waals surface area contributed by atoms with Gasteiger partial charge in [-0.3, -0.25) is 0 Å². The number of aryl methyl sites for hydroxylation is 2. The van der Waals surface area contributed by atoms with E-state index in [1.54, 1.807) is 0 Å². The molecular weight excluding hydrogens is 392 g/mol. The maximum Gasteiger partial charge on any atom is 0.0915 e. The van der Waals surface area contributed by atoms with Gasteiger partial charge < -0.3 is 9.47 Å². The molecule has 32 heavy (non-hydrogen) atoms. The quantitative estimate of drug-likeness (QED) is 0.480. The third kappa shape index (κ3) is 3.84. The molecule has 2 aliphatic rings. The summed E-state index contributed by atoms with van der Waals surface area (Å²) in [5.41, 5.74) is 7.62. The molecule has 2 aliphatic heterocycles. The molecule has 0 amide bonds. The molecule has 0 aliphatic carbocycles. The highest BCUT2D eigenvalue weighted by molar-refractivity contribution is 5.44. The molecule has 0 fully saturated rings. The Balaban J connectivity index is 1.63. The van der Waals surface area contributed by atoms with Gasteiger partial charge in [0.25, 0.3) is 0 Å². The summed E-state index contributed by atoms with van der Waals surface area (Å²) in [7, 11) is 0. The summed E-state index contributed by atoms with van der Waals surface area (Å²) in [6.45, 7) is 22.7. The van der Waals surface area contributed by atoms with Gasteiger partial charge in [0.05, 0.1) is 23.4 Å². The van der Waals surface area contributed by atoms with E-state index in [1.165, 1.54) is 33.4 Å². The van der Waals surface area contributed by atoms with Crippen LogP contribution in [0.5, 0.6) is 0 Å². The molecule has 4 rings (SSSR count). The van der Waals surface area contributed by atoms with Crippen LogP contribution in [0.2, 0.25) is 0 Å². The van der Waals surface area contributed by atoms with Crippen LogP contribution in [0.4, 0.5) is 0 Å². The van der Waals surface area contributed by atoms with Crippen LogP contribution in [-0.2, 0) is 20.7 Å². The van der Waals surface area contributed by atoms with Gasteiger partial charge in [0.1, 0.15) is 0 Å². The first kappa shape index (κ1) is 23.5. The van der Waals surface area contributed by atoms with Crippen molar-refractivity contribution in [1.29, 1.82) is 0 Å².